The summed E-state index contributed by atoms with van der Waals surface area (Å²) >= 11 is 12.0. The summed E-state index contributed by atoms with van der Waals surface area (Å²) in [5.41, 5.74) is 3.16. The average Bonchev–Trinajstić information content (AvgIpc) is 2.57. The number of halogens is 3. The average molecular weight is 386 g/mol. The first-order valence-corrected chi connectivity index (χ1v) is 8.46. The van der Waals surface area contributed by atoms with Crippen LogP contribution in [0.5, 0.6) is 0 Å². The van der Waals surface area contributed by atoms with E-state index >= 15 is 0 Å². The molecule has 1 aliphatic heterocycles. The summed E-state index contributed by atoms with van der Waals surface area (Å²) in [6, 6.07) is 13.1. The number of carbonyl (C=O) groups excluding carboxylic acids is 1. The van der Waals surface area contributed by atoms with Crippen LogP contribution in [-0.2, 0) is 0 Å². The van der Waals surface area contributed by atoms with E-state index in [2.05, 4.69) is 13.0 Å². The number of hydrogen-bond donors (Lipinski definition) is 1. The Labute approximate surface area is 158 Å². The van der Waals surface area contributed by atoms with Crippen molar-refractivity contribution in [3.8, 4) is 0 Å². The molecule has 0 aromatic heterocycles. The van der Waals surface area contributed by atoms with Crippen molar-refractivity contribution < 1.29 is 22.1 Å². The van der Waals surface area contributed by atoms with Gasteiger partial charge in [-0.15, -0.1) is 0 Å². The third kappa shape index (κ3) is 4.22. The van der Waals surface area contributed by atoms with Gasteiger partial charge in [0.2, 0.25) is 0 Å². The lowest BCUT2D eigenvalue weighted by Crippen LogP contribution is -3.10. The number of amides is 1. The van der Waals surface area contributed by atoms with Gasteiger partial charge in [0, 0.05) is 27.2 Å². The molecule has 6 heteroatoms. The largest absolute Gasteiger partial charge is 1.00 e. The Bertz CT molecular complexity index is 711. The van der Waals surface area contributed by atoms with Crippen molar-refractivity contribution in [2.24, 2.45) is 0 Å². The van der Waals surface area contributed by atoms with Crippen LogP contribution in [0, 0.1) is 6.92 Å². The molecular weight excluding hydrogens is 367 g/mol. The Hall–Kier alpha value is -1.26. The number of nitrogens with one attached hydrogen (secondary N) is 1. The number of benzene rings is 2. The van der Waals surface area contributed by atoms with Crippen LogP contribution in [0.25, 0.3) is 0 Å². The van der Waals surface area contributed by atoms with Gasteiger partial charge >= 0.3 is 0 Å². The van der Waals surface area contributed by atoms with Gasteiger partial charge in [-0.05, 0) is 37.3 Å². The van der Waals surface area contributed by atoms with E-state index in [1.165, 1.54) is 16.2 Å². The molecule has 3 nitrogen and oxygen atoms in total. The lowest BCUT2D eigenvalue weighted by atomic mass is 10.1. The van der Waals surface area contributed by atoms with Crippen molar-refractivity contribution in [2.75, 3.05) is 26.2 Å². The summed E-state index contributed by atoms with van der Waals surface area (Å²) in [6.45, 7) is 5.36. The second-order valence-electron chi connectivity index (χ2n) is 5.86. The predicted molar refractivity (Wildman–Crippen MR) is 93.9 cm³/mol. The van der Waals surface area contributed by atoms with E-state index in [0.29, 0.717) is 10.6 Å². The third-order valence-electron chi connectivity index (χ3n) is 4.33. The number of nitrogens with zero attached hydrogens (tertiary/aromatic N) is 1. The first kappa shape index (κ1) is 19.1. The topological polar surface area (TPSA) is 24.8 Å². The number of rotatable bonds is 2. The molecule has 1 N–H and O–H groups in total. The molecular formula is C18H19Cl3N2O. The van der Waals surface area contributed by atoms with E-state index in [1.807, 2.05) is 17.0 Å². The third-order valence-corrected chi connectivity index (χ3v) is 4.81. The van der Waals surface area contributed by atoms with Crippen molar-refractivity contribution in [1.82, 2.24) is 4.90 Å². The second-order valence-corrected chi connectivity index (χ2v) is 6.73. The number of hydrogen-bond acceptors (Lipinski definition) is 1. The maximum Gasteiger partial charge on any atom is 0.254 e. The van der Waals surface area contributed by atoms with Crippen molar-refractivity contribution in [3.05, 3.63) is 63.6 Å². The van der Waals surface area contributed by atoms with Gasteiger partial charge in [-0.3, -0.25) is 9.69 Å². The molecule has 2 aromatic rings. The second kappa shape index (κ2) is 8.21. The summed E-state index contributed by atoms with van der Waals surface area (Å²) in [4.78, 5) is 15.8. The van der Waals surface area contributed by atoms with Crippen molar-refractivity contribution in [1.29, 1.82) is 0 Å². The molecule has 24 heavy (non-hydrogen) atoms. The number of quaternary nitrogens is 1. The van der Waals surface area contributed by atoms with E-state index in [0.717, 1.165) is 31.2 Å². The summed E-state index contributed by atoms with van der Waals surface area (Å²) in [7, 11) is 0. The molecule has 128 valence electrons. The summed E-state index contributed by atoms with van der Waals surface area (Å²) < 4.78 is 0. The molecule has 0 spiro atoms. The lowest BCUT2D eigenvalue weighted by molar-refractivity contribution is -0.837. The maximum atomic E-state index is 12.5. The minimum atomic E-state index is 0. The Morgan fingerprint density at radius 2 is 1.58 bits per heavy atom. The monoisotopic (exact) mass is 384 g/mol. The highest BCUT2D eigenvalue weighted by molar-refractivity contribution is 6.31. The highest BCUT2D eigenvalue weighted by Gasteiger charge is 2.26. The quantitative estimate of drug-likeness (QED) is 0.772. The van der Waals surface area contributed by atoms with Gasteiger partial charge in [0.05, 0.1) is 26.2 Å². The molecule has 0 bridgehead atoms. The number of piperazine rings is 1. The molecule has 1 heterocycles. The van der Waals surface area contributed by atoms with Gasteiger partial charge in [-0.1, -0.05) is 29.3 Å². The van der Waals surface area contributed by atoms with Crippen molar-refractivity contribution >= 4 is 34.8 Å². The number of aryl methyl sites for hydroxylation is 1. The molecule has 1 aliphatic rings. The van der Waals surface area contributed by atoms with E-state index in [4.69, 9.17) is 23.2 Å². The van der Waals surface area contributed by atoms with Crippen LogP contribution >= 0.6 is 23.2 Å². The number of carbonyl (C=O) groups is 1. The Morgan fingerprint density at radius 3 is 2.21 bits per heavy atom. The molecule has 0 radical (unpaired) electrons. The molecule has 0 saturated carbocycles. The van der Waals surface area contributed by atoms with Gasteiger partial charge in [0.25, 0.3) is 5.91 Å². The normalized spacial score (nSPS) is 15.0. The van der Waals surface area contributed by atoms with Gasteiger partial charge in [-0.25, -0.2) is 0 Å². The van der Waals surface area contributed by atoms with Crippen molar-refractivity contribution in [2.45, 2.75) is 6.92 Å². The highest BCUT2D eigenvalue weighted by atomic mass is 35.5. The smallest absolute Gasteiger partial charge is 0.254 e. The van der Waals surface area contributed by atoms with E-state index in [9.17, 15) is 4.79 Å². The molecule has 3 rings (SSSR count). The Morgan fingerprint density at radius 1 is 1.00 bits per heavy atom. The Balaban J connectivity index is 0.00000208. The fourth-order valence-electron chi connectivity index (χ4n) is 3.00. The maximum absolute atomic E-state index is 12.5. The van der Waals surface area contributed by atoms with Gasteiger partial charge < -0.3 is 17.3 Å². The van der Waals surface area contributed by atoms with Crippen LogP contribution in [0.2, 0.25) is 10.0 Å². The van der Waals surface area contributed by atoms with Crippen LogP contribution in [-0.4, -0.2) is 37.0 Å². The zero-order chi connectivity index (χ0) is 16.4. The first-order valence-electron chi connectivity index (χ1n) is 7.70. The molecule has 2 aromatic carbocycles. The zero-order valence-electron chi connectivity index (χ0n) is 13.4. The van der Waals surface area contributed by atoms with Gasteiger partial charge in [0.1, 0.15) is 5.69 Å². The molecule has 1 amide bonds. The van der Waals surface area contributed by atoms with Crippen molar-refractivity contribution in [3.63, 3.8) is 0 Å². The molecule has 0 unspecified atom stereocenters. The van der Waals surface area contributed by atoms with Crippen LogP contribution in [0.4, 0.5) is 5.69 Å². The SMILES string of the molecule is Cc1ccc(Cl)cc1[NH+]1CCN(C(=O)c2ccc(Cl)cc2)CC1.[Cl-]. The van der Waals surface area contributed by atoms with E-state index in [1.54, 1.807) is 24.3 Å². The molecule has 0 atom stereocenters. The molecule has 1 saturated heterocycles. The lowest BCUT2D eigenvalue weighted by Gasteiger charge is -2.32. The minimum absolute atomic E-state index is 0. The van der Waals surface area contributed by atoms with Gasteiger partial charge in [-0.2, -0.15) is 0 Å². The minimum Gasteiger partial charge on any atom is -1.00 e. The first-order chi connectivity index (χ1) is 11.0. The summed E-state index contributed by atoms with van der Waals surface area (Å²) in [5.74, 6) is 0.0727. The molecule has 0 aliphatic carbocycles. The standard InChI is InChI=1S/C18H18Cl2N2O.ClH/c1-13-2-5-16(20)12-17(13)21-8-10-22(11-9-21)18(23)14-3-6-15(19)7-4-14;/h2-7,12H,8-11H2,1H3;1H. The van der Waals surface area contributed by atoms with Crippen LogP contribution in [0.3, 0.4) is 0 Å². The fourth-order valence-corrected chi connectivity index (χ4v) is 3.30. The van der Waals surface area contributed by atoms with Crippen LogP contribution < -0.4 is 17.3 Å². The summed E-state index contributed by atoms with van der Waals surface area (Å²) in [5, 5.41) is 1.41. The van der Waals surface area contributed by atoms with E-state index < -0.39 is 0 Å². The molecule has 1 fully saturated rings. The van der Waals surface area contributed by atoms with E-state index in [-0.39, 0.29) is 18.3 Å². The van der Waals surface area contributed by atoms with Crippen LogP contribution in [0.15, 0.2) is 42.5 Å². The van der Waals surface area contributed by atoms with Crippen LogP contribution in [0.1, 0.15) is 15.9 Å². The zero-order valence-corrected chi connectivity index (χ0v) is 15.6. The Kier molecular flexibility index (Phi) is 6.53. The fraction of sp³-hybridized carbons (Fsp3) is 0.278. The summed E-state index contributed by atoms with van der Waals surface area (Å²) in [6.07, 6.45) is 0. The van der Waals surface area contributed by atoms with Gasteiger partial charge in [0.15, 0.2) is 0 Å². The highest BCUT2D eigenvalue weighted by Crippen LogP contribution is 2.17. The predicted octanol–water partition coefficient (Wildman–Crippen LogP) is -0.0218.